The monoisotopic (exact) mass is 793 g/mol. The molecule has 6 aromatic carbocycles. The van der Waals surface area contributed by atoms with Crippen LogP contribution in [0.3, 0.4) is 0 Å². The third-order valence-electron chi connectivity index (χ3n) is 9.27. The summed E-state index contributed by atoms with van der Waals surface area (Å²) >= 11 is 3.64. The van der Waals surface area contributed by atoms with Crippen LogP contribution in [0.2, 0.25) is 0 Å². The van der Waals surface area contributed by atoms with Crippen molar-refractivity contribution in [2.24, 2.45) is 0 Å². The molecular weight excluding hydrogens is 758 g/mol. The maximum absolute atomic E-state index is 12.9. The maximum atomic E-state index is 12.9. The normalized spacial score (nSPS) is 14.1. The lowest BCUT2D eigenvalue weighted by Gasteiger charge is -2.20. The lowest BCUT2D eigenvalue weighted by molar-refractivity contribution is 0.0941. The van der Waals surface area contributed by atoms with Crippen molar-refractivity contribution >= 4 is 49.3 Å². The van der Waals surface area contributed by atoms with Crippen molar-refractivity contribution in [2.45, 2.75) is 13.1 Å². The third kappa shape index (κ3) is 8.24. The minimum absolute atomic E-state index is 0.153. The molecule has 0 radical (unpaired) electrons. The molecule has 0 unspecified atom stereocenters. The van der Waals surface area contributed by atoms with Crippen LogP contribution >= 0.6 is 15.9 Å². The Labute approximate surface area is 326 Å². The van der Waals surface area contributed by atoms with E-state index in [9.17, 15) is 9.59 Å². The summed E-state index contributed by atoms with van der Waals surface area (Å²) in [7, 11) is 0. The zero-order chi connectivity index (χ0) is 37.6. The van der Waals surface area contributed by atoms with E-state index in [-0.39, 0.29) is 36.3 Å². The first-order chi connectivity index (χ1) is 27.0. The molecule has 7 aromatic rings. The zero-order valence-electron chi connectivity index (χ0n) is 29.7. The van der Waals surface area contributed by atoms with Gasteiger partial charge in [-0.1, -0.05) is 88.7 Å². The first-order valence-electron chi connectivity index (χ1n) is 18.0. The molecule has 274 valence electrons. The van der Waals surface area contributed by atoms with Gasteiger partial charge in [0, 0.05) is 28.7 Å². The van der Waals surface area contributed by atoms with Crippen LogP contribution in [0.1, 0.15) is 32.1 Å². The molecule has 2 amide bonds. The summed E-state index contributed by atoms with van der Waals surface area (Å²) in [4.78, 5) is 30.2. The fraction of sp³-hybridized carbons (Fsp3) is 0.133. The van der Waals surface area contributed by atoms with Crippen LogP contribution in [0.15, 0.2) is 138 Å². The summed E-state index contributed by atoms with van der Waals surface area (Å²) < 4.78 is 26.1. The molecule has 0 saturated heterocycles. The predicted molar refractivity (Wildman–Crippen MR) is 216 cm³/mol. The average molecular weight is 795 g/mol. The first kappa shape index (κ1) is 35.6. The van der Waals surface area contributed by atoms with E-state index in [4.69, 9.17) is 18.9 Å². The van der Waals surface area contributed by atoms with Crippen molar-refractivity contribution in [3.63, 3.8) is 0 Å². The maximum Gasteiger partial charge on any atom is 0.270 e. The van der Waals surface area contributed by atoms with Gasteiger partial charge in [0.25, 0.3) is 11.8 Å². The third-order valence-corrected chi connectivity index (χ3v) is 9.76. The summed E-state index contributed by atoms with van der Waals surface area (Å²) in [5, 5.41) is 9.96. The number of fused-ring (bicyclic) bond motifs is 2. The molecular formula is C45H36BrN3O6. The summed E-state index contributed by atoms with van der Waals surface area (Å²) in [6, 6.07) is 42.5. The molecule has 0 atom stereocenters. The molecule has 0 saturated carbocycles. The predicted octanol–water partition coefficient (Wildman–Crippen LogP) is 8.91. The second-order valence-corrected chi connectivity index (χ2v) is 13.8. The minimum atomic E-state index is -0.381. The molecule has 9 nitrogen and oxygen atoms in total. The Kier molecular flexibility index (Phi) is 10.6. The fourth-order valence-corrected chi connectivity index (χ4v) is 6.93. The number of hydrogen-bond acceptors (Lipinski definition) is 7. The van der Waals surface area contributed by atoms with E-state index in [1.165, 1.54) is 0 Å². The van der Waals surface area contributed by atoms with Gasteiger partial charge in [0.2, 0.25) is 0 Å². The number of benzene rings is 6. The van der Waals surface area contributed by atoms with Crippen molar-refractivity contribution in [2.75, 3.05) is 26.4 Å². The van der Waals surface area contributed by atoms with Gasteiger partial charge in [0.05, 0.1) is 0 Å². The highest BCUT2D eigenvalue weighted by molar-refractivity contribution is 9.10. The highest BCUT2D eigenvalue weighted by Crippen LogP contribution is 2.46. The van der Waals surface area contributed by atoms with E-state index in [1.54, 1.807) is 18.2 Å². The van der Waals surface area contributed by atoms with Gasteiger partial charge in [-0.3, -0.25) is 9.59 Å². The molecule has 1 aromatic heterocycles. The molecule has 0 fully saturated rings. The molecule has 0 spiro atoms. The van der Waals surface area contributed by atoms with Crippen molar-refractivity contribution in [1.82, 2.24) is 15.6 Å². The molecule has 2 N–H and O–H groups in total. The number of pyridine rings is 1. The number of hydrogen-bond donors (Lipinski definition) is 2. The molecule has 4 aliphatic rings. The van der Waals surface area contributed by atoms with Gasteiger partial charge >= 0.3 is 0 Å². The standard InChI is InChI=1S/C45H36BrN3O6/c46-33-14-19-37-32(26-33)13-21-41-43(37)42-36-5-2-1-4-31(36)12-20-40(42)54-24-22-52-34-15-8-29(9-16-34)27-47-44(50)38-6-3-7-39(49-38)45(51)48-28-30-10-17-35(18-11-30)53-23-25-55-41/h1-21,26H,22-25,27-28H2,(H,47,50)(H,48,51). The lowest BCUT2D eigenvalue weighted by Crippen LogP contribution is -2.27. The molecule has 55 heavy (non-hydrogen) atoms. The lowest BCUT2D eigenvalue weighted by atomic mass is 9.92. The van der Waals surface area contributed by atoms with Gasteiger partial charge in [-0.25, -0.2) is 4.98 Å². The number of aromatic nitrogens is 1. The highest BCUT2D eigenvalue weighted by Gasteiger charge is 2.20. The number of ether oxygens (including phenoxy) is 4. The number of nitrogens with zero attached hydrogens (tertiary/aromatic N) is 1. The largest absolute Gasteiger partial charge is 0.490 e. The Bertz CT molecular complexity index is 2510. The van der Waals surface area contributed by atoms with Crippen LogP contribution in [0.5, 0.6) is 23.0 Å². The van der Waals surface area contributed by atoms with Crippen LogP contribution in [0.25, 0.3) is 32.7 Å². The van der Waals surface area contributed by atoms with Crippen molar-refractivity contribution in [3.8, 4) is 34.1 Å². The van der Waals surface area contributed by atoms with Gasteiger partial charge < -0.3 is 29.6 Å². The van der Waals surface area contributed by atoms with Gasteiger partial charge in [0.15, 0.2) is 0 Å². The Morgan fingerprint density at radius 3 is 1.58 bits per heavy atom. The summed E-state index contributed by atoms with van der Waals surface area (Å²) in [5.41, 5.74) is 3.93. The summed E-state index contributed by atoms with van der Waals surface area (Å²) in [6.45, 7) is 1.77. The van der Waals surface area contributed by atoms with Gasteiger partial charge in [0.1, 0.15) is 60.8 Å². The number of amides is 2. The summed E-state index contributed by atoms with van der Waals surface area (Å²) in [6.07, 6.45) is 0. The Morgan fingerprint density at radius 2 is 1.00 bits per heavy atom. The molecule has 6 bridgehead atoms. The number of carbonyl (C=O) groups excluding carboxylic acids is 2. The molecule has 4 aliphatic heterocycles. The smallest absolute Gasteiger partial charge is 0.270 e. The van der Waals surface area contributed by atoms with Crippen molar-refractivity contribution < 1.29 is 28.5 Å². The molecule has 5 heterocycles. The number of nitrogens with one attached hydrogen (secondary N) is 2. The van der Waals surface area contributed by atoms with Crippen molar-refractivity contribution in [3.05, 3.63) is 160 Å². The van der Waals surface area contributed by atoms with Crippen LogP contribution in [-0.2, 0) is 13.1 Å². The van der Waals surface area contributed by atoms with Crippen LogP contribution in [0.4, 0.5) is 0 Å². The number of halogens is 1. The van der Waals surface area contributed by atoms with Crippen molar-refractivity contribution in [1.29, 1.82) is 0 Å². The van der Waals surface area contributed by atoms with E-state index >= 15 is 0 Å². The van der Waals surface area contributed by atoms with E-state index in [0.717, 1.165) is 48.3 Å². The van der Waals surface area contributed by atoms with E-state index < -0.39 is 0 Å². The number of rotatable bonds is 0. The fourth-order valence-electron chi connectivity index (χ4n) is 6.55. The summed E-state index contributed by atoms with van der Waals surface area (Å²) in [5.74, 6) is 2.01. The van der Waals surface area contributed by atoms with Gasteiger partial charge in [-0.05, 0) is 93.3 Å². The van der Waals surface area contributed by atoms with E-state index in [0.29, 0.717) is 49.4 Å². The van der Waals surface area contributed by atoms with Gasteiger partial charge in [-0.2, -0.15) is 0 Å². The SMILES string of the molecule is O=C1NCc2ccc(cc2)OCCOc2ccc3ccccc3c2-c2c(ccc3cc(Br)ccc23)OCCOc2ccc(cc2)CNC(=O)c2cccc1n2. The van der Waals surface area contributed by atoms with Crippen LogP contribution < -0.4 is 29.6 Å². The second kappa shape index (κ2) is 16.3. The second-order valence-electron chi connectivity index (χ2n) is 12.9. The van der Waals surface area contributed by atoms with Gasteiger partial charge in [-0.15, -0.1) is 0 Å². The molecule has 0 aliphatic carbocycles. The molecule has 11 rings (SSSR count). The zero-order valence-corrected chi connectivity index (χ0v) is 31.3. The minimum Gasteiger partial charge on any atom is -0.490 e. The quantitative estimate of drug-likeness (QED) is 0.158. The Balaban J connectivity index is 1.11. The van der Waals surface area contributed by atoms with Crippen LogP contribution in [-0.4, -0.2) is 43.2 Å². The number of carbonyl (C=O) groups is 2. The highest BCUT2D eigenvalue weighted by atomic mass is 79.9. The Hall–Kier alpha value is -6.39. The average Bonchev–Trinajstić information content (AvgIpc) is 3.22. The van der Waals surface area contributed by atoms with Crippen LogP contribution in [0, 0.1) is 0 Å². The molecule has 10 heteroatoms. The van der Waals surface area contributed by atoms with E-state index in [2.05, 4.69) is 67.9 Å². The first-order valence-corrected chi connectivity index (χ1v) is 18.7. The van der Waals surface area contributed by atoms with E-state index in [1.807, 2.05) is 78.9 Å². The Morgan fingerprint density at radius 1 is 0.491 bits per heavy atom. The topological polar surface area (TPSA) is 108 Å².